The maximum Gasteiger partial charge on any atom is 0.137 e. The van der Waals surface area contributed by atoms with Crippen LogP contribution in [-0.4, -0.2) is 42.8 Å². The van der Waals surface area contributed by atoms with E-state index in [1.54, 1.807) is 19.5 Å². The van der Waals surface area contributed by atoms with Gasteiger partial charge in [-0.25, -0.2) is 4.98 Å². The van der Waals surface area contributed by atoms with Gasteiger partial charge in [-0.3, -0.25) is 4.98 Å². The summed E-state index contributed by atoms with van der Waals surface area (Å²) in [5.74, 6) is 1.45. The molecule has 2 saturated carbocycles. The van der Waals surface area contributed by atoms with Crippen molar-refractivity contribution < 1.29 is 4.74 Å². The molecular weight excluding hydrogens is 431 g/mol. The molecule has 2 heterocycles. The number of nitrogens with zero attached hydrogens (tertiary/aromatic N) is 2. The number of hydrogen-bond acceptors (Lipinski definition) is 5. The van der Waals surface area contributed by atoms with Gasteiger partial charge >= 0.3 is 0 Å². The van der Waals surface area contributed by atoms with Crippen LogP contribution in [0.15, 0.2) is 24.5 Å². The number of nitrogens with one attached hydrogen (secondary N) is 2. The van der Waals surface area contributed by atoms with E-state index in [0.717, 1.165) is 54.5 Å². The minimum absolute atomic E-state index is 0.471. The van der Waals surface area contributed by atoms with Crippen molar-refractivity contribution in [3.63, 3.8) is 0 Å². The molecule has 2 aromatic heterocycles. The van der Waals surface area contributed by atoms with Gasteiger partial charge in [-0.1, -0.05) is 23.2 Å². The van der Waals surface area contributed by atoms with Gasteiger partial charge in [0.2, 0.25) is 0 Å². The third kappa shape index (κ3) is 6.55. The molecule has 0 amide bonds. The number of pyridine rings is 2. The van der Waals surface area contributed by atoms with Gasteiger partial charge in [-0.05, 0) is 68.9 Å². The first kappa shape index (κ1) is 22.8. The molecule has 4 rings (SSSR count). The Hall–Kier alpha value is -1.40. The lowest BCUT2D eigenvalue weighted by Crippen LogP contribution is -2.35. The molecule has 31 heavy (non-hydrogen) atoms. The summed E-state index contributed by atoms with van der Waals surface area (Å²) in [6.45, 7) is 2.69. The fourth-order valence-electron chi connectivity index (χ4n) is 4.35. The van der Waals surface area contributed by atoms with Gasteiger partial charge in [0.25, 0.3) is 0 Å². The molecule has 0 radical (unpaired) electrons. The van der Waals surface area contributed by atoms with Crippen LogP contribution >= 0.6 is 23.2 Å². The van der Waals surface area contributed by atoms with Crippen LogP contribution < -0.4 is 10.6 Å². The van der Waals surface area contributed by atoms with E-state index in [0.29, 0.717) is 22.1 Å². The quantitative estimate of drug-likeness (QED) is 0.354. The van der Waals surface area contributed by atoms with Crippen LogP contribution in [0.25, 0.3) is 11.1 Å². The van der Waals surface area contributed by atoms with E-state index in [1.165, 1.54) is 38.5 Å². The summed E-state index contributed by atoms with van der Waals surface area (Å²) < 4.78 is 5.13. The molecule has 5 nitrogen and oxygen atoms in total. The van der Waals surface area contributed by atoms with Crippen LogP contribution in [0.5, 0.6) is 0 Å². The van der Waals surface area contributed by atoms with Crippen LogP contribution in [-0.2, 0) is 11.2 Å². The molecule has 0 unspecified atom stereocenters. The van der Waals surface area contributed by atoms with Crippen LogP contribution in [0, 0.1) is 11.8 Å². The smallest absolute Gasteiger partial charge is 0.137 e. The minimum atomic E-state index is 0.471. The lowest BCUT2D eigenvalue weighted by molar-refractivity contribution is 0.188. The zero-order valence-corrected chi connectivity index (χ0v) is 19.7. The van der Waals surface area contributed by atoms with Gasteiger partial charge in [0.1, 0.15) is 5.15 Å². The Kier molecular flexibility index (Phi) is 8.05. The predicted molar refractivity (Wildman–Crippen MR) is 128 cm³/mol. The molecule has 0 aliphatic heterocycles. The standard InChI is InChI=1S/C24H32Cl2N4O/c1-31-9-8-27-18-6-4-16(5-7-18)10-19-11-21(23(25)15-29-19)22-12-20(14-30-24(22)26)28-13-17-2-3-17/h11-12,14-18,27-28H,2-10,13H2,1H3. The maximum atomic E-state index is 6.53. The van der Waals surface area contributed by atoms with E-state index in [9.17, 15) is 0 Å². The van der Waals surface area contributed by atoms with Crippen molar-refractivity contribution in [2.75, 3.05) is 32.1 Å². The van der Waals surface area contributed by atoms with E-state index in [-0.39, 0.29) is 0 Å². The highest BCUT2D eigenvalue weighted by molar-refractivity contribution is 6.35. The van der Waals surface area contributed by atoms with Gasteiger partial charge in [0.15, 0.2) is 0 Å². The van der Waals surface area contributed by atoms with Crippen LogP contribution in [0.3, 0.4) is 0 Å². The third-order valence-corrected chi connectivity index (χ3v) is 7.02. The van der Waals surface area contributed by atoms with Gasteiger partial charge < -0.3 is 15.4 Å². The summed E-state index contributed by atoms with van der Waals surface area (Å²) in [4.78, 5) is 9.00. The van der Waals surface area contributed by atoms with Gasteiger partial charge in [0.05, 0.1) is 23.5 Å². The fourth-order valence-corrected chi connectivity index (χ4v) is 4.76. The number of ether oxygens (including phenoxy) is 1. The lowest BCUT2D eigenvalue weighted by atomic mass is 9.83. The number of halogens is 2. The van der Waals surface area contributed by atoms with Crippen molar-refractivity contribution in [2.45, 2.75) is 51.0 Å². The molecule has 2 aliphatic rings. The van der Waals surface area contributed by atoms with E-state index in [2.05, 4.69) is 32.7 Å². The Morgan fingerprint density at radius 2 is 1.74 bits per heavy atom. The summed E-state index contributed by atoms with van der Waals surface area (Å²) in [5, 5.41) is 8.14. The topological polar surface area (TPSA) is 59.1 Å². The van der Waals surface area contributed by atoms with Gasteiger partial charge in [0, 0.05) is 49.3 Å². The summed E-state index contributed by atoms with van der Waals surface area (Å²) in [7, 11) is 1.75. The largest absolute Gasteiger partial charge is 0.384 e. The molecule has 0 saturated heterocycles. The monoisotopic (exact) mass is 462 g/mol. The zero-order valence-electron chi connectivity index (χ0n) is 18.2. The summed E-state index contributed by atoms with van der Waals surface area (Å²) in [5.41, 5.74) is 3.83. The number of aromatic nitrogens is 2. The predicted octanol–water partition coefficient (Wildman–Crippen LogP) is 5.61. The number of hydrogen-bond donors (Lipinski definition) is 2. The van der Waals surface area contributed by atoms with Crippen molar-refractivity contribution in [1.29, 1.82) is 0 Å². The average molecular weight is 463 g/mol. The highest BCUT2D eigenvalue weighted by atomic mass is 35.5. The minimum Gasteiger partial charge on any atom is -0.384 e. The van der Waals surface area contributed by atoms with Crippen LogP contribution in [0.4, 0.5) is 5.69 Å². The molecule has 0 bridgehead atoms. The normalized spacial score (nSPS) is 21.3. The summed E-state index contributed by atoms with van der Waals surface area (Å²) >= 11 is 13.0. The average Bonchev–Trinajstić information content (AvgIpc) is 3.61. The first-order chi connectivity index (χ1) is 15.1. The van der Waals surface area contributed by atoms with E-state index in [4.69, 9.17) is 27.9 Å². The van der Waals surface area contributed by atoms with E-state index >= 15 is 0 Å². The Morgan fingerprint density at radius 1 is 0.968 bits per heavy atom. The van der Waals surface area contributed by atoms with Crippen molar-refractivity contribution in [2.24, 2.45) is 11.8 Å². The van der Waals surface area contributed by atoms with Gasteiger partial charge in [-0.2, -0.15) is 0 Å². The second-order valence-corrected chi connectivity index (χ2v) is 9.68. The third-order valence-electron chi connectivity index (χ3n) is 6.42. The van der Waals surface area contributed by atoms with Crippen molar-refractivity contribution in [3.8, 4) is 11.1 Å². The molecule has 2 aromatic rings. The highest BCUT2D eigenvalue weighted by Crippen LogP contribution is 2.36. The highest BCUT2D eigenvalue weighted by Gasteiger charge is 2.23. The SMILES string of the molecule is COCCNC1CCC(Cc2cc(-c3cc(NCC4CC4)cnc3Cl)c(Cl)cn2)CC1. The van der Waals surface area contributed by atoms with Crippen LogP contribution in [0.2, 0.25) is 10.2 Å². The molecule has 0 spiro atoms. The van der Waals surface area contributed by atoms with Crippen molar-refractivity contribution in [1.82, 2.24) is 15.3 Å². The molecule has 2 N–H and O–H groups in total. The fraction of sp³-hybridized carbons (Fsp3) is 0.583. The number of anilines is 1. The maximum absolute atomic E-state index is 6.53. The molecule has 0 atom stereocenters. The van der Waals surface area contributed by atoms with Gasteiger partial charge in [-0.15, -0.1) is 0 Å². The number of methoxy groups -OCH3 is 1. The Balaban J connectivity index is 1.40. The second kappa shape index (κ2) is 11.0. The zero-order chi connectivity index (χ0) is 21.6. The van der Waals surface area contributed by atoms with Crippen molar-refractivity contribution >= 4 is 28.9 Å². The molecular formula is C24H32Cl2N4O. The van der Waals surface area contributed by atoms with E-state index in [1.807, 2.05) is 0 Å². The molecule has 168 valence electrons. The van der Waals surface area contributed by atoms with Crippen molar-refractivity contribution in [3.05, 3.63) is 40.4 Å². The molecule has 0 aromatic carbocycles. The Morgan fingerprint density at radius 3 is 2.48 bits per heavy atom. The number of rotatable bonds is 10. The second-order valence-electron chi connectivity index (χ2n) is 8.91. The Labute approximate surface area is 195 Å². The molecule has 7 heteroatoms. The Bertz CT molecular complexity index is 867. The first-order valence-electron chi connectivity index (χ1n) is 11.4. The van der Waals surface area contributed by atoms with Crippen LogP contribution in [0.1, 0.15) is 44.2 Å². The summed E-state index contributed by atoms with van der Waals surface area (Å²) in [6, 6.07) is 4.76. The summed E-state index contributed by atoms with van der Waals surface area (Å²) in [6.07, 6.45) is 12.0. The van der Waals surface area contributed by atoms with E-state index < -0.39 is 0 Å². The molecule has 2 aliphatic carbocycles. The lowest BCUT2D eigenvalue weighted by Gasteiger charge is -2.29. The first-order valence-corrected chi connectivity index (χ1v) is 12.1. The molecule has 2 fully saturated rings.